The molecule has 128 valence electrons. The summed E-state index contributed by atoms with van der Waals surface area (Å²) >= 11 is 5.66. The van der Waals surface area contributed by atoms with Crippen LogP contribution in [-0.4, -0.2) is 19.6 Å². The standard InChI is InChI=1S/C19H20N4OS/c1-2-22-11-5-9-16(22)18-17(15-8-3-4-10-20-15)21-19(25)23(18)13-14-7-6-12-24-14/h3-12,17-18H,2,13H2,1H3,(H,21,25)/t17-,18-/m0/s1. The summed E-state index contributed by atoms with van der Waals surface area (Å²) in [4.78, 5) is 6.75. The van der Waals surface area contributed by atoms with E-state index in [4.69, 9.17) is 16.6 Å². The summed E-state index contributed by atoms with van der Waals surface area (Å²) in [5, 5.41) is 4.19. The number of furan rings is 1. The highest BCUT2D eigenvalue weighted by atomic mass is 32.1. The predicted molar refractivity (Wildman–Crippen MR) is 99.8 cm³/mol. The van der Waals surface area contributed by atoms with Crippen molar-refractivity contribution in [1.29, 1.82) is 0 Å². The van der Waals surface area contributed by atoms with Crippen LogP contribution in [0.1, 0.15) is 36.2 Å². The number of rotatable bonds is 5. The number of aryl methyl sites for hydroxylation is 1. The Kier molecular flexibility index (Phi) is 4.28. The van der Waals surface area contributed by atoms with Crippen LogP contribution in [0.3, 0.4) is 0 Å². The maximum absolute atomic E-state index is 5.66. The van der Waals surface area contributed by atoms with E-state index in [-0.39, 0.29) is 12.1 Å². The van der Waals surface area contributed by atoms with Crippen molar-refractivity contribution in [3.8, 4) is 0 Å². The molecular formula is C19H20N4OS. The normalized spacial score (nSPS) is 20.0. The number of pyridine rings is 1. The molecule has 0 spiro atoms. The van der Waals surface area contributed by atoms with E-state index in [1.807, 2.05) is 36.5 Å². The van der Waals surface area contributed by atoms with Crippen LogP contribution in [0.5, 0.6) is 0 Å². The molecule has 0 amide bonds. The third-order valence-electron chi connectivity index (χ3n) is 4.61. The van der Waals surface area contributed by atoms with Crippen molar-refractivity contribution in [2.75, 3.05) is 0 Å². The SMILES string of the molecule is CCn1cccc1[C@H]1[C@H](c2ccccn2)NC(=S)N1Cc1ccco1. The van der Waals surface area contributed by atoms with E-state index in [0.29, 0.717) is 6.54 Å². The summed E-state index contributed by atoms with van der Waals surface area (Å²) in [6, 6.07) is 14.2. The van der Waals surface area contributed by atoms with Gasteiger partial charge in [-0.2, -0.15) is 0 Å². The van der Waals surface area contributed by atoms with Gasteiger partial charge >= 0.3 is 0 Å². The molecule has 1 saturated heterocycles. The molecule has 25 heavy (non-hydrogen) atoms. The average molecular weight is 352 g/mol. The first kappa shape index (κ1) is 15.9. The van der Waals surface area contributed by atoms with Gasteiger partial charge in [-0.3, -0.25) is 4.98 Å². The van der Waals surface area contributed by atoms with Gasteiger partial charge in [0, 0.05) is 24.6 Å². The molecule has 1 aliphatic rings. The summed E-state index contributed by atoms with van der Waals surface area (Å²) in [7, 11) is 0. The summed E-state index contributed by atoms with van der Waals surface area (Å²) in [6.45, 7) is 3.69. The Morgan fingerprint density at radius 2 is 2.12 bits per heavy atom. The number of thiocarbonyl (C=S) groups is 1. The zero-order valence-corrected chi connectivity index (χ0v) is 14.8. The van der Waals surface area contributed by atoms with Gasteiger partial charge in [-0.1, -0.05) is 6.07 Å². The Labute approximate surface area is 152 Å². The van der Waals surface area contributed by atoms with Gasteiger partial charge in [0.25, 0.3) is 0 Å². The molecule has 3 aromatic heterocycles. The minimum absolute atomic E-state index is 0.00358. The van der Waals surface area contributed by atoms with Gasteiger partial charge < -0.3 is 19.2 Å². The van der Waals surface area contributed by atoms with Crippen molar-refractivity contribution in [3.63, 3.8) is 0 Å². The lowest BCUT2D eigenvalue weighted by Crippen LogP contribution is -2.29. The zero-order valence-electron chi connectivity index (χ0n) is 14.0. The van der Waals surface area contributed by atoms with Crippen molar-refractivity contribution in [2.45, 2.75) is 32.1 Å². The second-order valence-electron chi connectivity index (χ2n) is 6.05. The quantitative estimate of drug-likeness (QED) is 0.710. The fraction of sp³-hybridized carbons (Fsp3) is 0.263. The van der Waals surface area contributed by atoms with Crippen LogP contribution in [0.25, 0.3) is 0 Å². The van der Waals surface area contributed by atoms with E-state index in [2.05, 4.69) is 45.0 Å². The van der Waals surface area contributed by atoms with Gasteiger partial charge in [0.1, 0.15) is 5.76 Å². The van der Waals surface area contributed by atoms with Crippen LogP contribution in [-0.2, 0) is 13.1 Å². The Balaban J connectivity index is 1.76. The monoisotopic (exact) mass is 352 g/mol. The van der Waals surface area contributed by atoms with Gasteiger partial charge in [0.2, 0.25) is 0 Å². The molecule has 0 bridgehead atoms. The zero-order chi connectivity index (χ0) is 17.2. The van der Waals surface area contributed by atoms with Crippen molar-refractivity contribution < 1.29 is 4.42 Å². The lowest BCUT2D eigenvalue weighted by molar-refractivity contribution is 0.276. The summed E-state index contributed by atoms with van der Waals surface area (Å²) in [5.74, 6) is 0.894. The first-order chi connectivity index (χ1) is 12.3. The van der Waals surface area contributed by atoms with E-state index in [0.717, 1.165) is 23.1 Å². The molecule has 0 aromatic carbocycles. The second-order valence-corrected chi connectivity index (χ2v) is 6.44. The number of aromatic nitrogens is 2. The minimum Gasteiger partial charge on any atom is -0.467 e. The lowest BCUT2D eigenvalue weighted by atomic mass is 10.0. The number of hydrogen-bond donors (Lipinski definition) is 1. The number of nitrogens with zero attached hydrogens (tertiary/aromatic N) is 3. The van der Waals surface area contributed by atoms with Crippen molar-refractivity contribution in [3.05, 3.63) is 78.3 Å². The summed E-state index contributed by atoms with van der Waals surface area (Å²) in [6.07, 6.45) is 5.63. The molecule has 1 N–H and O–H groups in total. The molecule has 0 radical (unpaired) electrons. The largest absolute Gasteiger partial charge is 0.467 e. The van der Waals surface area contributed by atoms with E-state index in [1.165, 1.54) is 5.69 Å². The van der Waals surface area contributed by atoms with E-state index >= 15 is 0 Å². The maximum atomic E-state index is 5.66. The Morgan fingerprint density at radius 3 is 2.84 bits per heavy atom. The highest BCUT2D eigenvalue weighted by Gasteiger charge is 2.41. The third-order valence-corrected chi connectivity index (χ3v) is 4.96. The van der Waals surface area contributed by atoms with Gasteiger partial charge in [-0.15, -0.1) is 0 Å². The molecule has 4 rings (SSSR count). The third kappa shape index (κ3) is 2.93. The predicted octanol–water partition coefficient (Wildman–Crippen LogP) is 3.67. The lowest BCUT2D eigenvalue weighted by Gasteiger charge is -2.28. The van der Waals surface area contributed by atoms with Gasteiger partial charge in [-0.25, -0.2) is 0 Å². The molecule has 0 saturated carbocycles. The van der Waals surface area contributed by atoms with Crippen molar-refractivity contribution >= 4 is 17.3 Å². The molecule has 5 nitrogen and oxygen atoms in total. The van der Waals surface area contributed by atoms with Crippen LogP contribution in [0.4, 0.5) is 0 Å². The molecule has 0 aliphatic carbocycles. The van der Waals surface area contributed by atoms with E-state index in [9.17, 15) is 0 Å². The fourth-order valence-corrected chi connectivity index (χ4v) is 3.76. The van der Waals surface area contributed by atoms with Crippen LogP contribution < -0.4 is 5.32 Å². The van der Waals surface area contributed by atoms with Crippen LogP contribution in [0.2, 0.25) is 0 Å². The summed E-state index contributed by atoms with van der Waals surface area (Å²) < 4.78 is 7.81. The Morgan fingerprint density at radius 1 is 1.20 bits per heavy atom. The molecule has 0 unspecified atom stereocenters. The second kappa shape index (κ2) is 6.72. The molecule has 3 aromatic rings. The molecular weight excluding hydrogens is 332 g/mol. The minimum atomic E-state index is 0.00358. The van der Waals surface area contributed by atoms with Gasteiger partial charge in [0.05, 0.1) is 30.6 Å². The number of nitrogens with one attached hydrogen (secondary N) is 1. The average Bonchev–Trinajstić information content (AvgIpc) is 3.37. The topological polar surface area (TPSA) is 46.2 Å². The molecule has 2 atom stereocenters. The smallest absolute Gasteiger partial charge is 0.170 e. The van der Waals surface area contributed by atoms with Gasteiger partial charge in [0.15, 0.2) is 5.11 Å². The van der Waals surface area contributed by atoms with Crippen molar-refractivity contribution in [1.82, 2.24) is 19.8 Å². The van der Waals surface area contributed by atoms with Crippen molar-refractivity contribution in [2.24, 2.45) is 0 Å². The Bertz CT molecular complexity index is 843. The highest BCUT2D eigenvalue weighted by Crippen LogP contribution is 2.39. The van der Waals surface area contributed by atoms with E-state index < -0.39 is 0 Å². The van der Waals surface area contributed by atoms with Crippen LogP contribution in [0, 0.1) is 0 Å². The first-order valence-corrected chi connectivity index (χ1v) is 8.84. The Hall–Kier alpha value is -2.60. The van der Waals surface area contributed by atoms with Crippen LogP contribution in [0.15, 0.2) is 65.5 Å². The number of hydrogen-bond acceptors (Lipinski definition) is 3. The summed E-state index contributed by atoms with van der Waals surface area (Å²) in [5.41, 5.74) is 2.21. The molecule has 4 heterocycles. The van der Waals surface area contributed by atoms with Gasteiger partial charge in [-0.05, 0) is 55.5 Å². The highest BCUT2D eigenvalue weighted by molar-refractivity contribution is 7.80. The molecule has 1 aliphatic heterocycles. The first-order valence-electron chi connectivity index (χ1n) is 8.43. The molecule has 1 fully saturated rings. The molecule has 6 heteroatoms. The van der Waals surface area contributed by atoms with E-state index in [1.54, 1.807) is 6.26 Å². The van der Waals surface area contributed by atoms with Crippen LogP contribution >= 0.6 is 12.2 Å². The maximum Gasteiger partial charge on any atom is 0.170 e. The fourth-order valence-electron chi connectivity index (χ4n) is 3.45.